The molecule has 26 heavy (non-hydrogen) atoms. The van der Waals surface area contributed by atoms with E-state index < -0.39 is 27.9 Å². The third-order valence-electron chi connectivity index (χ3n) is 4.27. The first-order chi connectivity index (χ1) is 12.4. The molecule has 4 rings (SSSR count). The minimum atomic E-state index is -0.906. The summed E-state index contributed by atoms with van der Waals surface area (Å²) in [6.45, 7) is 0. The molecule has 2 heterocycles. The number of carbonyl (C=O) groups excluding carboxylic acids is 1. The summed E-state index contributed by atoms with van der Waals surface area (Å²) in [4.78, 5) is 51.1. The number of nitrogens with one attached hydrogen (secondary N) is 4. The Kier molecular flexibility index (Phi) is 3.35. The van der Waals surface area contributed by atoms with Crippen molar-refractivity contribution in [2.45, 2.75) is 12.8 Å². The van der Waals surface area contributed by atoms with Gasteiger partial charge in [-0.3, -0.25) is 29.8 Å². The van der Waals surface area contributed by atoms with Crippen molar-refractivity contribution in [2.24, 2.45) is 5.92 Å². The maximum absolute atomic E-state index is 12.4. The second-order valence-corrected chi connectivity index (χ2v) is 5.77. The summed E-state index contributed by atoms with van der Waals surface area (Å²) in [5.41, 5.74) is -0.770. The van der Waals surface area contributed by atoms with Crippen LogP contribution in [-0.2, 0) is 17.6 Å². The maximum Gasteiger partial charge on any atom is 0.314 e. The van der Waals surface area contributed by atoms with Crippen molar-refractivity contribution < 1.29 is 9.72 Å². The number of rotatable bonds is 3. The van der Waals surface area contributed by atoms with Gasteiger partial charge in [-0.25, -0.2) is 0 Å². The quantitative estimate of drug-likeness (QED) is 0.260. The molecule has 0 radical (unpaired) electrons. The van der Waals surface area contributed by atoms with Crippen LogP contribution in [0.1, 0.15) is 11.1 Å². The van der Waals surface area contributed by atoms with E-state index in [2.05, 4.69) is 35.9 Å². The molecule has 0 saturated carbocycles. The van der Waals surface area contributed by atoms with Gasteiger partial charge in [-0.05, 0) is 23.6 Å². The molecule has 0 saturated heterocycles. The van der Waals surface area contributed by atoms with Crippen LogP contribution in [0, 0.1) is 16.0 Å². The van der Waals surface area contributed by atoms with Gasteiger partial charge in [0.25, 0.3) is 11.6 Å². The first-order valence-electron chi connectivity index (χ1n) is 7.44. The van der Waals surface area contributed by atoms with Crippen molar-refractivity contribution in [3.8, 4) is 0 Å². The summed E-state index contributed by atoms with van der Waals surface area (Å²) in [5, 5.41) is 26.6. The second-order valence-electron chi connectivity index (χ2n) is 5.77. The van der Waals surface area contributed by atoms with Crippen molar-refractivity contribution in [1.82, 2.24) is 30.6 Å². The van der Waals surface area contributed by atoms with E-state index in [0.29, 0.717) is 11.1 Å². The maximum atomic E-state index is 12.4. The number of nitro benzene ring substituents is 1. The lowest BCUT2D eigenvalue weighted by Crippen LogP contribution is -2.29. The number of aromatic amines is 3. The van der Waals surface area contributed by atoms with Crippen molar-refractivity contribution in [3.63, 3.8) is 0 Å². The Hall–Kier alpha value is -3.90. The van der Waals surface area contributed by atoms with Gasteiger partial charge in [0.05, 0.1) is 16.0 Å². The lowest BCUT2D eigenvalue weighted by Gasteiger charge is -2.06. The van der Waals surface area contributed by atoms with Crippen molar-refractivity contribution in [1.29, 1.82) is 0 Å². The number of hydrogen-bond donors (Lipinski definition) is 4. The summed E-state index contributed by atoms with van der Waals surface area (Å²) in [6.07, 6.45) is 0.256. The van der Waals surface area contributed by atoms with Crippen LogP contribution >= 0.6 is 0 Å². The Morgan fingerprint density at radius 1 is 1.23 bits per heavy atom. The largest absolute Gasteiger partial charge is 0.316 e. The number of amides is 1. The van der Waals surface area contributed by atoms with Crippen LogP contribution in [0.3, 0.4) is 0 Å². The molecule has 1 aliphatic carbocycles. The monoisotopic (exact) mass is 358 g/mol. The van der Waals surface area contributed by atoms with E-state index in [4.69, 9.17) is 0 Å². The van der Waals surface area contributed by atoms with Crippen LogP contribution in [0.4, 0.5) is 11.6 Å². The SMILES string of the molecule is O=C(Nc1nn[nH]n1)[C@H]1Cc2c([N+](=O)[O-])cc3[nH]c(=O)c(=O)[nH]c3c2C1. The molecule has 132 valence electrons. The van der Waals surface area contributed by atoms with Gasteiger partial charge in [0, 0.05) is 17.5 Å². The molecule has 0 spiro atoms. The Balaban J connectivity index is 1.79. The molecule has 1 amide bonds. The second kappa shape index (κ2) is 5.58. The van der Waals surface area contributed by atoms with Crippen molar-refractivity contribution in [2.75, 3.05) is 5.32 Å². The summed E-state index contributed by atoms with van der Waals surface area (Å²) in [7, 11) is 0. The van der Waals surface area contributed by atoms with Gasteiger partial charge in [-0.2, -0.15) is 5.21 Å². The summed E-state index contributed by atoms with van der Waals surface area (Å²) < 4.78 is 0. The summed E-state index contributed by atoms with van der Waals surface area (Å²) in [5.74, 6) is -1.07. The minimum Gasteiger partial charge on any atom is -0.316 e. The fourth-order valence-electron chi connectivity index (χ4n) is 3.15. The number of anilines is 1. The van der Waals surface area contributed by atoms with Gasteiger partial charge in [-0.15, -0.1) is 5.10 Å². The number of aromatic nitrogens is 6. The van der Waals surface area contributed by atoms with Crippen LogP contribution in [-0.4, -0.2) is 41.4 Å². The lowest BCUT2D eigenvalue weighted by atomic mass is 10.1. The Morgan fingerprint density at radius 3 is 2.65 bits per heavy atom. The van der Waals surface area contributed by atoms with Crippen molar-refractivity contribution in [3.05, 3.63) is 48.0 Å². The highest BCUT2D eigenvalue weighted by Gasteiger charge is 2.35. The summed E-state index contributed by atoms with van der Waals surface area (Å²) in [6, 6.07) is 1.19. The third-order valence-corrected chi connectivity index (χ3v) is 4.27. The molecule has 0 unspecified atom stereocenters. The number of nitro groups is 1. The Bertz CT molecular complexity index is 1160. The molecule has 0 aliphatic heterocycles. The zero-order valence-electron chi connectivity index (χ0n) is 12.9. The van der Waals surface area contributed by atoms with E-state index in [1.807, 2.05) is 0 Å². The molecule has 0 fully saturated rings. The standard InChI is InChI=1S/C13H10N8O5/c22-10(16-13-17-19-20-18-13)4-1-5-6(2-4)9-7(3-8(5)21(25)26)14-11(23)12(24)15-9/h3-4H,1-2H2,(H,14,23)(H,15,24)(H2,16,17,18,19,20,22)/t4-/m0/s1. The highest BCUT2D eigenvalue weighted by molar-refractivity contribution is 5.93. The molecule has 1 aliphatic rings. The molecule has 13 heteroatoms. The number of nitrogens with zero attached hydrogens (tertiary/aromatic N) is 4. The number of carbonyl (C=O) groups is 1. The zero-order chi connectivity index (χ0) is 18.4. The first-order valence-corrected chi connectivity index (χ1v) is 7.44. The normalized spacial score (nSPS) is 15.8. The predicted molar refractivity (Wildman–Crippen MR) is 85.5 cm³/mol. The number of hydrogen-bond acceptors (Lipinski definition) is 8. The van der Waals surface area contributed by atoms with Crippen molar-refractivity contribution >= 4 is 28.6 Å². The number of benzene rings is 1. The molecule has 1 aromatic carbocycles. The average Bonchev–Trinajstić information content (AvgIpc) is 3.24. The molecule has 0 bridgehead atoms. The highest BCUT2D eigenvalue weighted by Crippen LogP contribution is 2.37. The lowest BCUT2D eigenvalue weighted by molar-refractivity contribution is -0.385. The van der Waals surface area contributed by atoms with Gasteiger partial charge in [-0.1, -0.05) is 5.10 Å². The van der Waals surface area contributed by atoms with E-state index >= 15 is 0 Å². The smallest absolute Gasteiger partial charge is 0.314 e. The third kappa shape index (κ3) is 2.42. The van der Waals surface area contributed by atoms with E-state index in [-0.39, 0.29) is 35.5 Å². The molecular weight excluding hydrogens is 348 g/mol. The average molecular weight is 358 g/mol. The van der Waals surface area contributed by atoms with Crippen LogP contribution in [0.5, 0.6) is 0 Å². The minimum absolute atomic E-state index is 0.0111. The fourth-order valence-corrected chi connectivity index (χ4v) is 3.15. The molecule has 13 nitrogen and oxygen atoms in total. The van der Waals surface area contributed by atoms with Gasteiger partial charge in [0.1, 0.15) is 0 Å². The molecule has 4 N–H and O–H groups in total. The van der Waals surface area contributed by atoms with Crippen LogP contribution < -0.4 is 16.4 Å². The molecule has 3 aromatic rings. The zero-order valence-corrected chi connectivity index (χ0v) is 12.9. The molecule has 1 atom stereocenters. The van der Waals surface area contributed by atoms with Gasteiger partial charge in [0.2, 0.25) is 5.91 Å². The first kappa shape index (κ1) is 15.6. The van der Waals surface area contributed by atoms with E-state index in [9.17, 15) is 24.5 Å². The number of tetrazole rings is 1. The summed E-state index contributed by atoms with van der Waals surface area (Å²) >= 11 is 0. The van der Waals surface area contributed by atoms with Crippen LogP contribution in [0.15, 0.2) is 15.7 Å². The number of H-pyrrole nitrogens is 3. The van der Waals surface area contributed by atoms with E-state index in [1.165, 1.54) is 6.07 Å². The van der Waals surface area contributed by atoms with Crippen LogP contribution in [0.25, 0.3) is 11.0 Å². The van der Waals surface area contributed by atoms with Gasteiger partial charge >= 0.3 is 11.1 Å². The fraction of sp³-hybridized carbons (Fsp3) is 0.231. The van der Waals surface area contributed by atoms with Gasteiger partial charge in [0.15, 0.2) is 0 Å². The molecule has 2 aromatic heterocycles. The Labute approximate surface area is 142 Å². The predicted octanol–water partition coefficient (Wildman–Crippen LogP) is -1.01. The highest BCUT2D eigenvalue weighted by atomic mass is 16.6. The van der Waals surface area contributed by atoms with E-state index in [1.54, 1.807) is 0 Å². The van der Waals surface area contributed by atoms with Crippen LogP contribution in [0.2, 0.25) is 0 Å². The Morgan fingerprint density at radius 2 is 1.96 bits per heavy atom. The topological polar surface area (TPSA) is 192 Å². The number of fused-ring (bicyclic) bond motifs is 3. The molecular formula is C13H10N8O5. The van der Waals surface area contributed by atoms with Gasteiger partial charge < -0.3 is 9.97 Å². The van der Waals surface area contributed by atoms with E-state index in [0.717, 1.165) is 0 Å².